The highest BCUT2D eigenvalue weighted by molar-refractivity contribution is 5.21. The maximum absolute atomic E-state index is 13.6. The Morgan fingerprint density at radius 3 is 2.58 bits per heavy atom. The summed E-state index contributed by atoms with van der Waals surface area (Å²) in [5.41, 5.74) is 0.701. The van der Waals surface area contributed by atoms with Crippen LogP contribution in [-0.4, -0.2) is 29.9 Å². The number of aliphatic hydroxyl groups excluding tert-OH is 1. The minimum Gasteiger partial charge on any atom is -0.488 e. The lowest BCUT2D eigenvalue weighted by Gasteiger charge is -2.35. The van der Waals surface area contributed by atoms with Crippen molar-refractivity contribution in [3.63, 3.8) is 0 Å². The second kappa shape index (κ2) is 8.27. The van der Waals surface area contributed by atoms with Crippen molar-refractivity contribution in [1.82, 2.24) is 5.32 Å². The summed E-state index contributed by atoms with van der Waals surface area (Å²) in [6, 6.07) is 16.4. The van der Waals surface area contributed by atoms with Gasteiger partial charge in [0.2, 0.25) is 0 Å². The summed E-state index contributed by atoms with van der Waals surface area (Å²) in [4.78, 5) is 0. The molecule has 0 aromatic heterocycles. The molecule has 1 saturated carbocycles. The van der Waals surface area contributed by atoms with Crippen LogP contribution >= 0.6 is 0 Å². The molecule has 0 radical (unpaired) electrons. The van der Waals surface area contributed by atoms with Gasteiger partial charge in [-0.15, -0.1) is 0 Å². The molecule has 24 heavy (non-hydrogen) atoms. The maximum Gasteiger partial charge on any atom is 0.126 e. The first-order valence-electron chi connectivity index (χ1n) is 8.60. The normalized spacial score (nSPS) is 23.8. The third kappa shape index (κ3) is 4.34. The van der Waals surface area contributed by atoms with Crippen LogP contribution < -0.4 is 10.1 Å². The van der Waals surface area contributed by atoms with Crippen LogP contribution in [0.15, 0.2) is 54.6 Å². The molecule has 0 bridgehead atoms. The van der Waals surface area contributed by atoms with Crippen molar-refractivity contribution in [3.05, 3.63) is 66.0 Å². The maximum atomic E-state index is 13.6. The summed E-state index contributed by atoms with van der Waals surface area (Å²) in [5, 5.41) is 13.9. The van der Waals surface area contributed by atoms with E-state index in [4.69, 9.17) is 4.74 Å². The third-order valence-electron chi connectivity index (χ3n) is 4.59. The topological polar surface area (TPSA) is 41.5 Å². The second-order valence-electron chi connectivity index (χ2n) is 6.29. The average molecular weight is 329 g/mol. The van der Waals surface area contributed by atoms with E-state index in [2.05, 4.69) is 5.32 Å². The van der Waals surface area contributed by atoms with Crippen LogP contribution in [-0.2, 0) is 6.42 Å². The molecule has 3 atom stereocenters. The number of nitrogens with one attached hydrogen (secondary N) is 1. The summed E-state index contributed by atoms with van der Waals surface area (Å²) < 4.78 is 19.6. The fourth-order valence-corrected chi connectivity index (χ4v) is 3.26. The molecule has 0 amide bonds. The van der Waals surface area contributed by atoms with E-state index in [-0.39, 0.29) is 18.0 Å². The molecule has 128 valence electrons. The number of halogens is 1. The molecular formula is C20H24FNO2. The fraction of sp³-hybridized carbons (Fsp3) is 0.400. The molecule has 1 aliphatic rings. The van der Waals surface area contributed by atoms with Gasteiger partial charge < -0.3 is 15.2 Å². The van der Waals surface area contributed by atoms with Gasteiger partial charge in [-0.3, -0.25) is 0 Å². The third-order valence-corrected chi connectivity index (χ3v) is 4.59. The average Bonchev–Trinajstić information content (AvgIpc) is 2.61. The first kappa shape index (κ1) is 16.9. The molecule has 0 aliphatic heterocycles. The van der Waals surface area contributed by atoms with Crippen molar-refractivity contribution in [1.29, 1.82) is 0 Å². The number of aliphatic hydroxyl groups is 1. The van der Waals surface area contributed by atoms with Crippen molar-refractivity contribution < 1.29 is 14.2 Å². The Bertz CT molecular complexity index is 635. The monoisotopic (exact) mass is 329 g/mol. The van der Waals surface area contributed by atoms with Crippen LogP contribution in [0.2, 0.25) is 0 Å². The molecular weight excluding hydrogens is 305 g/mol. The minimum absolute atomic E-state index is 0.0146. The zero-order valence-electron chi connectivity index (χ0n) is 13.7. The van der Waals surface area contributed by atoms with E-state index in [0.29, 0.717) is 18.5 Å². The van der Waals surface area contributed by atoms with Gasteiger partial charge in [0.1, 0.15) is 23.8 Å². The predicted octanol–water partition coefficient (Wildman–Crippen LogP) is 3.32. The molecule has 2 aromatic rings. The Labute approximate surface area is 142 Å². The van der Waals surface area contributed by atoms with Crippen LogP contribution in [0, 0.1) is 5.82 Å². The lowest BCUT2D eigenvalue weighted by molar-refractivity contribution is -0.0151. The SMILES string of the molecule is O[C@@H]1[C@@H](NCCc2ccccc2F)CCC[C@H]1Oc1ccccc1. The van der Waals surface area contributed by atoms with E-state index in [1.807, 2.05) is 36.4 Å². The molecule has 1 fully saturated rings. The van der Waals surface area contributed by atoms with E-state index in [0.717, 1.165) is 25.0 Å². The number of ether oxygens (including phenoxy) is 1. The zero-order valence-corrected chi connectivity index (χ0v) is 13.7. The molecule has 3 nitrogen and oxygen atoms in total. The summed E-state index contributed by atoms with van der Waals surface area (Å²) in [5.74, 6) is 0.613. The van der Waals surface area contributed by atoms with Gasteiger partial charge in [0, 0.05) is 6.04 Å². The predicted molar refractivity (Wildman–Crippen MR) is 92.6 cm³/mol. The van der Waals surface area contributed by atoms with Gasteiger partial charge in [0.05, 0.1) is 0 Å². The summed E-state index contributed by atoms with van der Waals surface area (Å²) in [6.45, 7) is 0.640. The van der Waals surface area contributed by atoms with Crippen molar-refractivity contribution >= 4 is 0 Å². The number of benzene rings is 2. The van der Waals surface area contributed by atoms with E-state index < -0.39 is 6.10 Å². The quantitative estimate of drug-likeness (QED) is 0.854. The van der Waals surface area contributed by atoms with Crippen molar-refractivity contribution in [2.45, 2.75) is 43.9 Å². The van der Waals surface area contributed by atoms with Crippen LogP contribution in [0.25, 0.3) is 0 Å². The highest BCUT2D eigenvalue weighted by Crippen LogP contribution is 2.24. The first-order chi connectivity index (χ1) is 11.7. The number of hydrogen-bond acceptors (Lipinski definition) is 3. The molecule has 2 N–H and O–H groups in total. The fourth-order valence-electron chi connectivity index (χ4n) is 3.26. The van der Waals surface area contributed by atoms with E-state index in [1.165, 1.54) is 6.07 Å². The largest absolute Gasteiger partial charge is 0.488 e. The van der Waals surface area contributed by atoms with Crippen LogP contribution in [0.5, 0.6) is 5.75 Å². The molecule has 0 unspecified atom stereocenters. The van der Waals surface area contributed by atoms with Crippen molar-refractivity contribution in [2.75, 3.05) is 6.54 Å². The van der Waals surface area contributed by atoms with Crippen LogP contribution in [0.3, 0.4) is 0 Å². The van der Waals surface area contributed by atoms with Gasteiger partial charge in [0.25, 0.3) is 0 Å². The van der Waals surface area contributed by atoms with Gasteiger partial charge in [-0.05, 0) is 56.0 Å². The molecule has 0 saturated heterocycles. The molecule has 0 spiro atoms. The Hall–Kier alpha value is -1.91. The van der Waals surface area contributed by atoms with Crippen LogP contribution in [0.4, 0.5) is 4.39 Å². The summed E-state index contributed by atoms with van der Waals surface area (Å²) in [6.07, 6.45) is 2.62. The van der Waals surface area contributed by atoms with E-state index in [1.54, 1.807) is 12.1 Å². The molecule has 1 aliphatic carbocycles. The zero-order chi connectivity index (χ0) is 16.8. The van der Waals surface area contributed by atoms with Crippen molar-refractivity contribution in [3.8, 4) is 5.75 Å². The Kier molecular flexibility index (Phi) is 5.83. The van der Waals surface area contributed by atoms with Gasteiger partial charge in [-0.2, -0.15) is 0 Å². The van der Waals surface area contributed by atoms with Gasteiger partial charge >= 0.3 is 0 Å². The van der Waals surface area contributed by atoms with E-state index >= 15 is 0 Å². The summed E-state index contributed by atoms with van der Waals surface area (Å²) >= 11 is 0. The van der Waals surface area contributed by atoms with Crippen molar-refractivity contribution in [2.24, 2.45) is 0 Å². The first-order valence-corrected chi connectivity index (χ1v) is 8.60. The lowest BCUT2D eigenvalue weighted by Crippen LogP contribution is -2.51. The molecule has 3 rings (SSSR count). The smallest absolute Gasteiger partial charge is 0.126 e. The highest BCUT2D eigenvalue weighted by Gasteiger charge is 2.32. The van der Waals surface area contributed by atoms with Gasteiger partial charge in [-0.25, -0.2) is 4.39 Å². The Morgan fingerprint density at radius 1 is 1.04 bits per heavy atom. The minimum atomic E-state index is -0.556. The molecule has 4 heteroatoms. The summed E-state index contributed by atoms with van der Waals surface area (Å²) in [7, 11) is 0. The lowest BCUT2D eigenvalue weighted by atomic mass is 9.89. The number of rotatable bonds is 6. The molecule has 2 aromatic carbocycles. The Morgan fingerprint density at radius 2 is 1.79 bits per heavy atom. The Balaban J connectivity index is 1.51. The highest BCUT2D eigenvalue weighted by atomic mass is 19.1. The number of para-hydroxylation sites is 1. The van der Waals surface area contributed by atoms with Gasteiger partial charge in [-0.1, -0.05) is 36.4 Å². The van der Waals surface area contributed by atoms with Crippen LogP contribution in [0.1, 0.15) is 24.8 Å². The number of hydrogen-bond donors (Lipinski definition) is 2. The second-order valence-corrected chi connectivity index (χ2v) is 6.29. The van der Waals surface area contributed by atoms with Gasteiger partial charge in [0.15, 0.2) is 0 Å². The van der Waals surface area contributed by atoms with E-state index in [9.17, 15) is 9.50 Å². The molecule has 0 heterocycles. The standard InChI is InChI=1S/C20H24FNO2/c21-17-10-5-4-7-15(17)13-14-22-18-11-6-12-19(20(18)23)24-16-8-2-1-3-9-16/h1-5,7-10,18-20,22-23H,6,11-14H2/t18-,19+,20+/m0/s1.